The number of nitro groups is 1. The Kier molecular flexibility index (Phi) is 4.18. The summed E-state index contributed by atoms with van der Waals surface area (Å²) >= 11 is 0. The molecule has 0 unspecified atom stereocenters. The smallest absolute Gasteiger partial charge is 0.395 e. The van der Waals surface area contributed by atoms with Gasteiger partial charge in [0.05, 0.1) is 6.07 Å². The van der Waals surface area contributed by atoms with Crippen molar-refractivity contribution in [1.29, 1.82) is 0 Å². The van der Waals surface area contributed by atoms with E-state index in [0.29, 0.717) is 6.54 Å². The molecular weight excluding hydrogens is 302 g/mol. The van der Waals surface area contributed by atoms with E-state index in [1.54, 1.807) is 6.20 Å². The fourth-order valence-electron chi connectivity index (χ4n) is 2.64. The Hall–Kier alpha value is -2.97. The second-order valence-corrected chi connectivity index (χ2v) is 5.18. The van der Waals surface area contributed by atoms with Crippen molar-refractivity contribution in [1.82, 2.24) is 15.5 Å². The SMILES string of the molecule is O=C(NC[C@H]1CCCN1c1cccnn1)c1ccc([N+](=O)[O-])o1. The van der Waals surface area contributed by atoms with Gasteiger partial charge in [-0.1, -0.05) is 0 Å². The number of aromatic nitrogens is 2. The van der Waals surface area contributed by atoms with Gasteiger partial charge in [0.2, 0.25) is 0 Å². The maximum atomic E-state index is 12.0. The summed E-state index contributed by atoms with van der Waals surface area (Å²) in [7, 11) is 0. The highest BCUT2D eigenvalue weighted by Gasteiger charge is 2.27. The Morgan fingerprint density at radius 1 is 1.48 bits per heavy atom. The first-order valence-corrected chi connectivity index (χ1v) is 7.22. The third-order valence-corrected chi connectivity index (χ3v) is 3.72. The van der Waals surface area contributed by atoms with Gasteiger partial charge in [-0.05, 0) is 31.0 Å². The Morgan fingerprint density at radius 3 is 3.04 bits per heavy atom. The van der Waals surface area contributed by atoms with Crippen LogP contribution in [0.25, 0.3) is 0 Å². The minimum absolute atomic E-state index is 0.0688. The molecule has 0 radical (unpaired) electrons. The molecule has 2 aromatic rings. The normalized spacial score (nSPS) is 17.2. The van der Waals surface area contributed by atoms with E-state index >= 15 is 0 Å². The molecule has 0 aromatic carbocycles. The van der Waals surface area contributed by atoms with Crippen molar-refractivity contribution < 1.29 is 14.1 Å². The van der Waals surface area contributed by atoms with E-state index in [4.69, 9.17) is 4.42 Å². The Balaban J connectivity index is 1.60. The van der Waals surface area contributed by atoms with Gasteiger partial charge in [-0.2, -0.15) is 5.10 Å². The van der Waals surface area contributed by atoms with Crippen molar-refractivity contribution in [2.24, 2.45) is 0 Å². The molecule has 0 bridgehead atoms. The highest BCUT2D eigenvalue weighted by atomic mass is 16.6. The van der Waals surface area contributed by atoms with E-state index in [1.165, 1.54) is 6.07 Å². The molecule has 0 aliphatic carbocycles. The van der Waals surface area contributed by atoms with Crippen molar-refractivity contribution in [3.63, 3.8) is 0 Å². The molecule has 3 heterocycles. The lowest BCUT2D eigenvalue weighted by Crippen LogP contribution is -2.40. The van der Waals surface area contributed by atoms with Gasteiger partial charge in [-0.15, -0.1) is 5.10 Å². The maximum Gasteiger partial charge on any atom is 0.433 e. The fraction of sp³-hybridized carbons (Fsp3) is 0.357. The van der Waals surface area contributed by atoms with E-state index < -0.39 is 16.7 Å². The van der Waals surface area contributed by atoms with Crippen LogP contribution in [0.2, 0.25) is 0 Å². The van der Waals surface area contributed by atoms with Crippen LogP contribution in [0.3, 0.4) is 0 Å². The molecule has 3 rings (SSSR count). The first-order valence-electron chi connectivity index (χ1n) is 7.22. The topological polar surface area (TPSA) is 114 Å². The molecule has 1 aliphatic heterocycles. The van der Waals surface area contributed by atoms with Crippen molar-refractivity contribution in [3.05, 3.63) is 46.3 Å². The minimum atomic E-state index is -0.677. The number of carbonyl (C=O) groups is 1. The summed E-state index contributed by atoms with van der Waals surface area (Å²) in [4.78, 5) is 24.0. The molecular formula is C14H15N5O4. The Labute approximate surface area is 131 Å². The molecule has 1 atom stereocenters. The average Bonchev–Trinajstić information content (AvgIpc) is 3.22. The van der Waals surface area contributed by atoms with Crippen molar-refractivity contribution >= 4 is 17.6 Å². The fourth-order valence-corrected chi connectivity index (χ4v) is 2.64. The lowest BCUT2D eigenvalue weighted by atomic mass is 10.2. The van der Waals surface area contributed by atoms with Crippen LogP contribution in [-0.4, -0.2) is 40.2 Å². The highest BCUT2D eigenvalue weighted by Crippen LogP contribution is 2.22. The Bertz CT molecular complexity index is 702. The largest absolute Gasteiger partial charge is 0.433 e. The highest BCUT2D eigenvalue weighted by molar-refractivity contribution is 5.91. The van der Waals surface area contributed by atoms with Crippen LogP contribution in [0.1, 0.15) is 23.4 Å². The monoisotopic (exact) mass is 317 g/mol. The summed E-state index contributed by atoms with van der Waals surface area (Å²) in [6.45, 7) is 1.26. The number of hydrogen-bond acceptors (Lipinski definition) is 7. The van der Waals surface area contributed by atoms with Gasteiger partial charge in [0.25, 0.3) is 5.91 Å². The molecule has 1 aliphatic rings. The predicted molar refractivity (Wildman–Crippen MR) is 80.1 cm³/mol. The molecule has 1 saturated heterocycles. The second kappa shape index (κ2) is 6.42. The molecule has 9 nitrogen and oxygen atoms in total. The van der Waals surface area contributed by atoms with Crippen molar-refractivity contribution in [3.8, 4) is 0 Å². The Morgan fingerprint density at radius 2 is 2.35 bits per heavy atom. The lowest BCUT2D eigenvalue weighted by molar-refractivity contribution is -0.402. The molecule has 1 fully saturated rings. The van der Waals surface area contributed by atoms with E-state index in [-0.39, 0.29) is 11.8 Å². The van der Waals surface area contributed by atoms with Crippen LogP contribution in [0, 0.1) is 10.1 Å². The molecule has 23 heavy (non-hydrogen) atoms. The third kappa shape index (κ3) is 3.28. The molecule has 1 N–H and O–H groups in total. The minimum Gasteiger partial charge on any atom is -0.395 e. The standard InChI is InChI=1S/C14H15N5O4/c20-14(11-5-6-13(23-11)19(21)22)15-9-10-3-2-8-18(10)12-4-1-7-16-17-12/h1,4-7,10H,2-3,8-9H2,(H,15,20)/t10-/m1/s1. The number of furan rings is 1. The number of nitrogens with one attached hydrogen (secondary N) is 1. The van der Waals surface area contributed by atoms with Crippen LogP contribution >= 0.6 is 0 Å². The van der Waals surface area contributed by atoms with E-state index in [2.05, 4.69) is 20.4 Å². The average molecular weight is 317 g/mol. The molecule has 0 spiro atoms. The van der Waals surface area contributed by atoms with Gasteiger partial charge in [-0.3, -0.25) is 14.9 Å². The first kappa shape index (κ1) is 14.9. The number of amides is 1. The summed E-state index contributed by atoms with van der Waals surface area (Å²) < 4.78 is 4.89. The van der Waals surface area contributed by atoms with Gasteiger partial charge >= 0.3 is 5.88 Å². The van der Waals surface area contributed by atoms with Gasteiger partial charge in [0.1, 0.15) is 4.92 Å². The number of rotatable bonds is 5. The van der Waals surface area contributed by atoms with Crippen LogP contribution in [0.4, 0.5) is 11.7 Å². The van der Waals surface area contributed by atoms with Crippen molar-refractivity contribution in [2.75, 3.05) is 18.0 Å². The summed E-state index contributed by atoms with van der Waals surface area (Å²) in [6.07, 6.45) is 3.54. The molecule has 0 saturated carbocycles. The number of nitrogens with zero attached hydrogens (tertiary/aromatic N) is 4. The summed E-state index contributed by atoms with van der Waals surface area (Å²) in [5.41, 5.74) is 0. The zero-order valence-electron chi connectivity index (χ0n) is 12.2. The first-order chi connectivity index (χ1) is 11.1. The second-order valence-electron chi connectivity index (χ2n) is 5.18. The molecule has 2 aromatic heterocycles. The van der Waals surface area contributed by atoms with E-state index in [9.17, 15) is 14.9 Å². The van der Waals surface area contributed by atoms with Crippen molar-refractivity contribution in [2.45, 2.75) is 18.9 Å². The lowest BCUT2D eigenvalue weighted by Gasteiger charge is -2.25. The zero-order valence-corrected chi connectivity index (χ0v) is 12.2. The van der Waals surface area contributed by atoms with Gasteiger partial charge in [0, 0.05) is 25.3 Å². The molecule has 120 valence electrons. The van der Waals surface area contributed by atoms with Crippen LogP contribution < -0.4 is 10.2 Å². The maximum absolute atomic E-state index is 12.0. The number of carbonyl (C=O) groups excluding carboxylic acids is 1. The third-order valence-electron chi connectivity index (χ3n) is 3.72. The number of hydrogen-bond donors (Lipinski definition) is 1. The summed E-state index contributed by atoms with van der Waals surface area (Å²) in [5, 5.41) is 21.3. The predicted octanol–water partition coefficient (Wildman–Crippen LogP) is 1.38. The van der Waals surface area contributed by atoms with Gasteiger partial charge < -0.3 is 14.6 Å². The quantitative estimate of drug-likeness (QED) is 0.654. The number of anilines is 1. The van der Waals surface area contributed by atoms with Crippen LogP contribution in [0.5, 0.6) is 0 Å². The summed E-state index contributed by atoms with van der Waals surface area (Å²) in [5.74, 6) is -0.208. The van der Waals surface area contributed by atoms with Crippen LogP contribution in [0.15, 0.2) is 34.9 Å². The zero-order chi connectivity index (χ0) is 16.2. The van der Waals surface area contributed by atoms with Gasteiger partial charge in [-0.25, -0.2) is 0 Å². The van der Waals surface area contributed by atoms with E-state index in [0.717, 1.165) is 31.3 Å². The van der Waals surface area contributed by atoms with Crippen LogP contribution in [-0.2, 0) is 0 Å². The van der Waals surface area contributed by atoms with E-state index in [1.807, 2.05) is 12.1 Å². The molecule has 9 heteroatoms. The molecule has 1 amide bonds. The summed E-state index contributed by atoms with van der Waals surface area (Å²) in [6, 6.07) is 6.26. The van der Waals surface area contributed by atoms with Gasteiger partial charge in [0.15, 0.2) is 11.6 Å².